The van der Waals surface area contributed by atoms with Gasteiger partial charge in [0.1, 0.15) is 17.7 Å². The first-order valence-corrected chi connectivity index (χ1v) is 10.7. The third-order valence-electron chi connectivity index (χ3n) is 5.48. The largest absolute Gasteiger partial charge is 0.467 e. The van der Waals surface area contributed by atoms with Gasteiger partial charge in [0.25, 0.3) is 11.8 Å². The summed E-state index contributed by atoms with van der Waals surface area (Å²) in [6.07, 6.45) is 1.27. The average Bonchev–Trinajstić information content (AvgIpc) is 3.24. The fourth-order valence-corrected chi connectivity index (χ4v) is 3.99. The first kappa shape index (κ1) is 22.9. The van der Waals surface area contributed by atoms with E-state index in [1.807, 2.05) is 0 Å². The molecule has 1 aromatic heterocycles. The summed E-state index contributed by atoms with van der Waals surface area (Å²) in [5, 5.41) is -0.371. The molecule has 0 spiro atoms. The Morgan fingerprint density at radius 2 is 1.91 bits per heavy atom. The van der Waals surface area contributed by atoms with Crippen molar-refractivity contribution >= 4 is 23.3 Å². The SMILES string of the molecule is CC(Oc1nc(-c2ccc(C(=O)N3CC[C@@H](N)C3)cc2)cnc1N)c1c(F)ccc(F)c1Cl. The van der Waals surface area contributed by atoms with Crippen LogP contribution in [0.15, 0.2) is 42.6 Å². The molecule has 1 unspecified atom stereocenters. The van der Waals surface area contributed by atoms with Gasteiger partial charge in [0.15, 0.2) is 5.82 Å². The number of benzene rings is 2. The van der Waals surface area contributed by atoms with Gasteiger partial charge >= 0.3 is 0 Å². The third kappa shape index (κ3) is 4.74. The molecule has 1 saturated heterocycles. The molecule has 4 N–H and O–H groups in total. The van der Waals surface area contributed by atoms with Gasteiger partial charge in [0, 0.05) is 35.8 Å². The molecule has 10 heteroatoms. The van der Waals surface area contributed by atoms with Crippen molar-refractivity contribution in [2.24, 2.45) is 5.73 Å². The third-order valence-corrected chi connectivity index (χ3v) is 5.87. The standard InChI is InChI=1S/C23H22ClF2N5O2/c1-12(19-16(25)6-7-17(26)20(19)24)33-22-21(28)29-10-18(30-22)13-2-4-14(5-3-13)23(32)31-9-8-15(27)11-31/h2-7,10,12,15H,8-9,11,27H2,1H3,(H2,28,29)/t12?,15-/m1/s1. The Bertz CT molecular complexity index is 1190. The zero-order valence-electron chi connectivity index (χ0n) is 17.8. The molecular weight excluding hydrogens is 452 g/mol. The van der Waals surface area contributed by atoms with E-state index in [2.05, 4.69) is 9.97 Å². The molecule has 0 bridgehead atoms. The number of nitrogens with two attached hydrogens (primary N) is 2. The first-order chi connectivity index (χ1) is 15.7. The van der Waals surface area contributed by atoms with Crippen LogP contribution in [0.3, 0.4) is 0 Å². The minimum absolute atomic E-state index is 0.00909. The van der Waals surface area contributed by atoms with E-state index in [4.69, 9.17) is 27.8 Å². The predicted molar refractivity (Wildman–Crippen MR) is 121 cm³/mol. The van der Waals surface area contributed by atoms with E-state index in [0.29, 0.717) is 29.9 Å². The number of ether oxygens (including phenoxy) is 1. The van der Waals surface area contributed by atoms with E-state index in [1.165, 1.54) is 13.1 Å². The molecule has 1 aliphatic heterocycles. The van der Waals surface area contributed by atoms with E-state index in [-0.39, 0.29) is 34.2 Å². The highest BCUT2D eigenvalue weighted by molar-refractivity contribution is 6.31. The molecule has 33 heavy (non-hydrogen) atoms. The van der Waals surface area contributed by atoms with Crippen LogP contribution < -0.4 is 16.2 Å². The average molecular weight is 474 g/mol. The van der Waals surface area contributed by atoms with Crippen LogP contribution >= 0.6 is 11.6 Å². The second-order valence-electron chi connectivity index (χ2n) is 7.84. The molecule has 1 amide bonds. The second kappa shape index (κ2) is 9.29. The quantitative estimate of drug-likeness (QED) is 0.543. The molecule has 7 nitrogen and oxygen atoms in total. The van der Waals surface area contributed by atoms with Crippen LogP contribution in [0.5, 0.6) is 5.88 Å². The number of hydrogen-bond donors (Lipinski definition) is 2. The smallest absolute Gasteiger partial charge is 0.258 e. The van der Waals surface area contributed by atoms with Gasteiger partial charge in [0.05, 0.1) is 16.9 Å². The number of carbonyl (C=O) groups is 1. The summed E-state index contributed by atoms with van der Waals surface area (Å²) in [5.74, 6) is -1.62. The number of nitrogens with zero attached hydrogens (tertiary/aromatic N) is 3. The normalized spacial score (nSPS) is 16.6. The van der Waals surface area contributed by atoms with Crippen molar-refractivity contribution in [3.63, 3.8) is 0 Å². The van der Waals surface area contributed by atoms with E-state index in [0.717, 1.165) is 18.6 Å². The van der Waals surface area contributed by atoms with Crippen LogP contribution in [0.25, 0.3) is 11.3 Å². The van der Waals surface area contributed by atoms with E-state index in [9.17, 15) is 13.6 Å². The maximum absolute atomic E-state index is 14.2. The Balaban J connectivity index is 1.55. The minimum Gasteiger partial charge on any atom is -0.467 e. The van der Waals surface area contributed by atoms with Gasteiger partial charge in [-0.2, -0.15) is 0 Å². The summed E-state index contributed by atoms with van der Waals surface area (Å²) in [4.78, 5) is 22.8. The van der Waals surface area contributed by atoms with E-state index >= 15 is 0 Å². The van der Waals surface area contributed by atoms with E-state index < -0.39 is 17.7 Å². The molecular formula is C23H22ClF2N5O2. The Kier molecular flexibility index (Phi) is 6.44. The lowest BCUT2D eigenvalue weighted by atomic mass is 10.1. The fraction of sp³-hybridized carbons (Fsp3) is 0.261. The number of likely N-dealkylation sites (tertiary alicyclic amines) is 1. The fourth-order valence-electron chi connectivity index (χ4n) is 3.69. The second-order valence-corrected chi connectivity index (χ2v) is 8.22. The van der Waals surface area contributed by atoms with Crippen LogP contribution in [-0.2, 0) is 0 Å². The van der Waals surface area contributed by atoms with Crippen LogP contribution in [0.4, 0.5) is 14.6 Å². The number of amides is 1. The maximum Gasteiger partial charge on any atom is 0.258 e. The van der Waals surface area contributed by atoms with Crippen molar-refractivity contribution < 1.29 is 18.3 Å². The van der Waals surface area contributed by atoms with Gasteiger partial charge in [-0.05, 0) is 37.6 Å². The Morgan fingerprint density at radius 3 is 2.58 bits per heavy atom. The summed E-state index contributed by atoms with van der Waals surface area (Å²) < 4.78 is 33.7. The van der Waals surface area contributed by atoms with Crippen molar-refractivity contribution in [2.45, 2.75) is 25.5 Å². The Morgan fingerprint density at radius 1 is 1.21 bits per heavy atom. The van der Waals surface area contributed by atoms with Crippen LogP contribution in [-0.4, -0.2) is 39.9 Å². The Labute approximate surface area is 194 Å². The molecule has 2 heterocycles. The first-order valence-electron chi connectivity index (χ1n) is 10.3. The van der Waals surface area contributed by atoms with Crippen LogP contribution in [0.2, 0.25) is 5.02 Å². The molecule has 0 radical (unpaired) electrons. The van der Waals surface area contributed by atoms with E-state index in [1.54, 1.807) is 29.2 Å². The maximum atomic E-state index is 14.2. The molecule has 0 saturated carbocycles. The molecule has 1 fully saturated rings. The van der Waals surface area contributed by atoms with Crippen molar-refractivity contribution in [2.75, 3.05) is 18.8 Å². The number of halogens is 3. The predicted octanol–water partition coefficient (Wildman–Crippen LogP) is 3.97. The zero-order chi connectivity index (χ0) is 23.7. The highest BCUT2D eigenvalue weighted by Gasteiger charge is 2.25. The van der Waals surface area contributed by atoms with Crippen molar-refractivity contribution in [1.82, 2.24) is 14.9 Å². The van der Waals surface area contributed by atoms with Crippen LogP contribution in [0, 0.1) is 11.6 Å². The number of aromatic nitrogens is 2. The molecule has 0 aliphatic carbocycles. The lowest BCUT2D eigenvalue weighted by molar-refractivity contribution is 0.0791. The Hall–Kier alpha value is -3.30. The number of hydrogen-bond acceptors (Lipinski definition) is 6. The summed E-state index contributed by atoms with van der Waals surface area (Å²) in [7, 11) is 0. The monoisotopic (exact) mass is 473 g/mol. The van der Waals surface area contributed by atoms with Crippen molar-refractivity contribution in [1.29, 1.82) is 0 Å². The van der Waals surface area contributed by atoms with Gasteiger partial charge in [-0.3, -0.25) is 4.79 Å². The lowest BCUT2D eigenvalue weighted by Gasteiger charge is -2.18. The van der Waals surface area contributed by atoms with Gasteiger partial charge in [0.2, 0.25) is 0 Å². The minimum atomic E-state index is -0.980. The number of anilines is 1. The van der Waals surface area contributed by atoms with Gasteiger partial charge in [-0.25, -0.2) is 18.7 Å². The molecule has 172 valence electrons. The highest BCUT2D eigenvalue weighted by Crippen LogP contribution is 2.33. The number of rotatable bonds is 5. The molecule has 1 aliphatic rings. The summed E-state index contributed by atoms with van der Waals surface area (Å²) >= 11 is 5.92. The number of carbonyl (C=O) groups excluding carboxylic acids is 1. The molecule has 2 aromatic carbocycles. The topological polar surface area (TPSA) is 107 Å². The molecule has 3 aromatic rings. The lowest BCUT2D eigenvalue weighted by Crippen LogP contribution is -2.31. The molecule has 2 atom stereocenters. The van der Waals surface area contributed by atoms with Gasteiger partial charge < -0.3 is 21.1 Å². The summed E-state index contributed by atoms with van der Waals surface area (Å²) in [6.45, 7) is 2.68. The summed E-state index contributed by atoms with van der Waals surface area (Å²) in [6, 6.07) is 8.79. The van der Waals surface area contributed by atoms with Gasteiger partial charge in [-0.1, -0.05) is 23.7 Å². The summed E-state index contributed by atoms with van der Waals surface area (Å²) in [5.41, 5.74) is 13.3. The van der Waals surface area contributed by atoms with Crippen molar-refractivity contribution in [3.05, 3.63) is 70.4 Å². The van der Waals surface area contributed by atoms with Gasteiger partial charge in [-0.15, -0.1) is 0 Å². The van der Waals surface area contributed by atoms with Crippen LogP contribution in [0.1, 0.15) is 35.4 Å². The molecule has 4 rings (SSSR count). The zero-order valence-corrected chi connectivity index (χ0v) is 18.5. The highest BCUT2D eigenvalue weighted by atomic mass is 35.5. The number of nitrogen functional groups attached to an aromatic ring is 1. The van der Waals surface area contributed by atoms with Crippen molar-refractivity contribution in [3.8, 4) is 17.1 Å².